The molecule has 0 radical (unpaired) electrons. The van der Waals surface area contributed by atoms with Gasteiger partial charge < -0.3 is 5.73 Å². The van der Waals surface area contributed by atoms with E-state index in [-0.39, 0.29) is 5.75 Å². The summed E-state index contributed by atoms with van der Waals surface area (Å²) in [6, 6.07) is 7.69. The monoisotopic (exact) mass is 256 g/mol. The van der Waals surface area contributed by atoms with Crippen LogP contribution in [0.1, 0.15) is 24.5 Å². The fourth-order valence-corrected chi connectivity index (χ4v) is 2.80. The molecular formula is C12H20N2O2S. The van der Waals surface area contributed by atoms with Crippen LogP contribution in [-0.2, 0) is 23.1 Å². The van der Waals surface area contributed by atoms with Crippen molar-refractivity contribution in [3.8, 4) is 0 Å². The van der Waals surface area contributed by atoms with E-state index in [1.54, 1.807) is 7.05 Å². The summed E-state index contributed by atoms with van der Waals surface area (Å²) < 4.78 is 25.0. The molecule has 0 spiro atoms. The number of rotatable bonds is 6. The molecule has 2 N–H and O–H groups in total. The minimum absolute atomic E-state index is 0.195. The Labute approximate surface area is 103 Å². The van der Waals surface area contributed by atoms with Crippen molar-refractivity contribution in [3.05, 3.63) is 35.4 Å². The first kappa shape index (κ1) is 14.2. The van der Waals surface area contributed by atoms with E-state index in [1.807, 2.05) is 31.2 Å². The molecule has 0 saturated heterocycles. The van der Waals surface area contributed by atoms with Crippen LogP contribution in [0.5, 0.6) is 0 Å². The molecule has 0 fully saturated rings. The third-order valence-electron chi connectivity index (χ3n) is 2.57. The van der Waals surface area contributed by atoms with Crippen LogP contribution in [0.3, 0.4) is 0 Å². The highest BCUT2D eigenvalue weighted by atomic mass is 32.2. The van der Waals surface area contributed by atoms with Crippen LogP contribution in [0, 0.1) is 0 Å². The van der Waals surface area contributed by atoms with E-state index >= 15 is 0 Å². The molecule has 0 heterocycles. The van der Waals surface area contributed by atoms with Gasteiger partial charge in [0.2, 0.25) is 10.0 Å². The summed E-state index contributed by atoms with van der Waals surface area (Å²) in [5.41, 5.74) is 7.54. The number of sulfonamides is 1. The molecule has 1 rings (SSSR count). The van der Waals surface area contributed by atoms with Gasteiger partial charge in [0.25, 0.3) is 0 Å². The first-order valence-corrected chi connectivity index (χ1v) is 7.32. The Morgan fingerprint density at radius 2 is 1.94 bits per heavy atom. The van der Waals surface area contributed by atoms with E-state index in [0.717, 1.165) is 11.1 Å². The Morgan fingerprint density at radius 3 is 2.53 bits per heavy atom. The summed E-state index contributed by atoms with van der Waals surface area (Å²) in [5.74, 6) is 0.195. The maximum absolute atomic E-state index is 11.8. The molecule has 0 unspecified atom stereocenters. The van der Waals surface area contributed by atoms with Gasteiger partial charge in [0.05, 0.1) is 5.75 Å². The zero-order chi connectivity index (χ0) is 12.9. The summed E-state index contributed by atoms with van der Waals surface area (Å²) >= 11 is 0. The van der Waals surface area contributed by atoms with Gasteiger partial charge in [-0.2, -0.15) is 0 Å². The van der Waals surface area contributed by atoms with Gasteiger partial charge in [-0.05, 0) is 17.5 Å². The molecule has 1 aromatic carbocycles. The van der Waals surface area contributed by atoms with E-state index < -0.39 is 10.0 Å². The van der Waals surface area contributed by atoms with Gasteiger partial charge in [0, 0.05) is 20.1 Å². The summed E-state index contributed by atoms with van der Waals surface area (Å²) in [6.07, 6.45) is 0.634. The average Bonchev–Trinajstić information content (AvgIpc) is 2.29. The second-order valence-electron chi connectivity index (χ2n) is 4.10. The second kappa shape index (κ2) is 6.14. The zero-order valence-electron chi connectivity index (χ0n) is 10.4. The lowest BCUT2D eigenvalue weighted by atomic mass is 10.1. The highest BCUT2D eigenvalue weighted by molar-refractivity contribution is 7.89. The third kappa shape index (κ3) is 4.11. The Morgan fingerprint density at radius 1 is 1.29 bits per heavy atom. The highest BCUT2D eigenvalue weighted by Crippen LogP contribution is 2.10. The minimum atomic E-state index is -3.13. The molecule has 0 aliphatic carbocycles. The molecule has 17 heavy (non-hydrogen) atoms. The second-order valence-corrected chi connectivity index (χ2v) is 6.29. The lowest BCUT2D eigenvalue weighted by Gasteiger charge is -2.17. The van der Waals surface area contributed by atoms with E-state index in [1.165, 1.54) is 4.31 Å². The highest BCUT2D eigenvalue weighted by Gasteiger charge is 2.16. The topological polar surface area (TPSA) is 63.4 Å². The van der Waals surface area contributed by atoms with Crippen LogP contribution < -0.4 is 5.73 Å². The SMILES string of the molecule is CCCS(=O)(=O)N(C)Cc1cccc(CN)c1. The largest absolute Gasteiger partial charge is 0.326 e. The Balaban J connectivity index is 2.77. The van der Waals surface area contributed by atoms with Crippen LogP contribution in [-0.4, -0.2) is 25.5 Å². The van der Waals surface area contributed by atoms with Gasteiger partial charge in [0.15, 0.2) is 0 Å². The fourth-order valence-electron chi connectivity index (χ4n) is 1.62. The van der Waals surface area contributed by atoms with Gasteiger partial charge in [-0.1, -0.05) is 31.2 Å². The maximum Gasteiger partial charge on any atom is 0.214 e. The molecule has 0 aliphatic rings. The van der Waals surface area contributed by atoms with Crippen molar-refractivity contribution in [1.82, 2.24) is 4.31 Å². The van der Waals surface area contributed by atoms with Gasteiger partial charge >= 0.3 is 0 Å². The molecule has 96 valence electrons. The summed E-state index contributed by atoms with van der Waals surface area (Å²) in [7, 11) is -1.51. The van der Waals surface area contributed by atoms with Gasteiger partial charge in [-0.25, -0.2) is 12.7 Å². The lowest BCUT2D eigenvalue weighted by molar-refractivity contribution is 0.466. The van der Waals surface area contributed by atoms with E-state index in [9.17, 15) is 8.42 Å². The lowest BCUT2D eigenvalue weighted by Crippen LogP contribution is -2.28. The van der Waals surface area contributed by atoms with Crippen molar-refractivity contribution in [3.63, 3.8) is 0 Å². The van der Waals surface area contributed by atoms with Crippen LogP contribution in [0.15, 0.2) is 24.3 Å². The van der Waals surface area contributed by atoms with Crippen molar-refractivity contribution in [2.75, 3.05) is 12.8 Å². The molecule has 1 aromatic rings. The van der Waals surface area contributed by atoms with E-state index in [4.69, 9.17) is 5.73 Å². The molecular weight excluding hydrogens is 236 g/mol. The molecule has 0 saturated carbocycles. The molecule has 0 atom stereocenters. The number of hydrogen-bond donors (Lipinski definition) is 1. The van der Waals surface area contributed by atoms with Crippen LogP contribution >= 0.6 is 0 Å². The molecule has 5 heteroatoms. The summed E-state index contributed by atoms with van der Waals surface area (Å²) in [6.45, 7) is 2.73. The van der Waals surface area contributed by atoms with Gasteiger partial charge in [-0.15, -0.1) is 0 Å². The fraction of sp³-hybridized carbons (Fsp3) is 0.500. The normalized spacial score (nSPS) is 12.0. The number of hydrogen-bond acceptors (Lipinski definition) is 3. The number of nitrogens with zero attached hydrogens (tertiary/aromatic N) is 1. The maximum atomic E-state index is 11.8. The average molecular weight is 256 g/mol. The Hall–Kier alpha value is -0.910. The summed E-state index contributed by atoms with van der Waals surface area (Å²) in [5, 5.41) is 0. The first-order valence-electron chi connectivity index (χ1n) is 5.71. The predicted octanol–water partition coefficient (Wildman–Crippen LogP) is 1.32. The van der Waals surface area contributed by atoms with Crippen molar-refractivity contribution in [1.29, 1.82) is 0 Å². The molecule has 0 bridgehead atoms. The summed E-state index contributed by atoms with van der Waals surface area (Å²) in [4.78, 5) is 0. The number of benzene rings is 1. The first-order chi connectivity index (χ1) is 7.99. The quantitative estimate of drug-likeness (QED) is 0.835. The standard InChI is InChI=1S/C12H20N2O2S/c1-3-7-17(15,16)14(2)10-12-6-4-5-11(8-12)9-13/h4-6,8H,3,7,9-10,13H2,1-2H3. The minimum Gasteiger partial charge on any atom is -0.326 e. The molecule has 4 nitrogen and oxygen atoms in total. The molecule has 0 amide bonds. The predicted molar refractivity (Wildman–Crippen MR) is 69.9 cm³/mol. The van der Waals surface area contributed by atoms with Crippen LogP contribution in [0.2, 0.25) is 0 Å². The third-order valence-corrected chi connectivity index (χ3v) is 4.57. The van der Waals surface area contributed by atoms with Crippen molar-refractivity contribution >= 4 is 10.0 Å². The van der Waals surface area contributed by atoms with Gasteiger partial charge in [0.1, 0.15) is 0 Å². The number of nitrogens with two attached hydrogens (primary N) is 1. The van der Waals surface area contributed by atoms with E-state index in [0.29, 0.717) is 19.5 Å². The van der Waals surface area contributed by atoms with Gasteiger partial charge in [-0.3, -0.25) is 0 Å². The van der Waals surface area contributed by atoms with Crippen molar-refractivity contribution in [2.24, 2.45) is 5.73 Å². The van der Waals surface area contributed by atoms with Crippen LogP contribution in [0.25, 0.3) is 0 Å². The van der Waals surface area contributed by atoms with Crippen LogP contribution in [0.4, 0.5) is 0 Å². The van der Waals surface area contributed by atoms with Crippen molar-refractivity contribution in [2.45, 2.75) is 26.4 Å². The van der Waals surface area contributed by atoms with E-state index in [2.05, 4.69) is 0 Å². The smallest absolute Gasteiger partial charge is 0.214 e. The zero-order valence-corrected chi connectivity index (χ0v) is 11.2. The molecule has 0 aromatic heterocycles. The Kier molecular flexibility index (Phi) is 5.11. The Bertz CT molecular complexity index is 457. The molecule has 0 aliphatic heterocycles. The van der Waals surface area contributed by atoms with Crippen molar-refractivity contribution < 1.29 is 8.42 Å².